The first-order valence-electron chi connectivity index (χ1n) is 14.8. The van der Waals surface area contributed by atoms with E-state index in [1.165, 1.54) is 17.7 Å². The lowest BCUT2D eigenvalue weighted by Gasteiger charge is -2.26. The van der Waals surface area contributed by atoms with E-state index in [1.807, 2.05) is 32.0 Å². The molecule has 7 nitrogen and oxygen atoms in total. The van der Waals surface area contributed by atoms with Gasteiger partial charge in [0, 0.05) is 60.7 Å². The standard InChI is InChI=1S/C35H36F3N5O2/c1-23-6-9-25(10-7-23)22-40-33-29(31(39)14-15-43-16-18-45-19-17-43)12-13-32(42-33)30-21-28(11-8-24(30)2)41-34(44)26-4-3-5-27(20-26)35(36,37)38/h3-13,20-21,39H,14-19,22H2,1-2H3,(H,40,42)(H,41,44). The van der Waals surface area contributed by atoms with E-state index in [1.54, 1.807) is 12.1 Å². The summed E-state index contributed by atoms with van der Waals surface area (Å²) in [6.07, 6.45) is -3.98. The fourth-order valence-corrected chi connectivity index (χ4v) is 5.12. The maximum Gasteiger partial charge on any atom is 0.416 e. The van der Waals surface area contributed by atoms with Crippen molar-refractivity contribution in [3.8, 4) is 11.3 Å². The number of benzene rings is 3. The quantitative estimate of drug-likeness (QED) is 0.163. The summed E-state index contributed by atoms with van der Waals surface area (Å²) < 4.78 is 45.0. The lowest BCUT2D eigenvalue weighted by molar-refractivity contribution is -0.137. The molecule has 0 spiro atoms. The third kappa shape index (κ3) is 8.34. The number of ether oxygens (including phenoxy) is 1. The van der Waals surface area contributed by atoms with Gasteiger partial charge in [0.1, 0.15) is 5.82 Å². The van der Waals surface area contributed by atoms with Crippen LogP contribution in [0.25, 0.3) is 11.3 Å². The summed E-state index contributed by atoms with van der Waals surface area (Å²) in [5.41, 5.74) is 5.18. The molecule has 0 aliphatic carbocycles. The van der Waals surface area contributed by atoms with Gasteiger partial charge in [-0.3, -0.25) is 9.69 Å². The largest absolute Gasteiger partial charge is 0.416 e. The van der Waals surface area contributed by atoms with Crippen molar-refractivity contribution in [1.29, 1.82) is 5.41 Å². The number of hydrogen-bond acceptors (Lipinski definition) is 6. The maximum atomic E-state index is 13.2. The molecule has 4 aromatic rings. The summed E-state index contributed by atoms with van der Waals surface area (Å²) >= 11 is 0. The van der Waals surface area contributed by atoms with Gasteiger partial charge in [-0.2, -0.15) is 13.2 Å². The van der Waals surface area contributed by atoms with Gasteiger partial charge in [0.05, 0.1) is 24.5 Å². The fraction of sp³-hybridized carbons (Fsp3) is 0.286. The van der Waals surface area contributed by atoms with Gasteiger partial charge in [0.15, 0.2) is 0 Å². The first-order chi connectivity index (χ1) is 21.6. The van der Waals surface area contributed by atoms with Crippen LogP contribution in [0.4, 0.5) is 24.7 Å². The zero-order chi connectivity index (χ0) is 32.0. The van der Waals surface area contributed by atoms with Gasteiger partial charge < -0.3 is 20.8 Å². The number of nitrogens with zero attached hydrogens (tertiary/aromatic N) is 2. The van der Waals surface area contributed by atoms with Gasteiger partial charge in [0.2, 0.25) is 0 Å². The number of carbonyl (C=O) groups excluding carboxylic acids is 1. The van der Waals surface area contributed by atoms with Crippen LogP contribution >= 0.6 is 0 Å². The Bertz CT molecular complexity index is 1670. The SMILES string of the molecule is Cc1ccc(CNc2nc(-c3cc(NC(=O)c4cccc(C(F)(F)F)c4)ccc3C)ccc2C(=N)CCN2CCOCC2)cc1. The number of aromatic nitrogens is 1. The van der Waals surface area contributed by atoms with Gasteiger partial charge in [-0.05, 0) is 67.4 Å². The molecule has 1 aliphatic rings. The van der Waals surface area contributed by atoms with Crippen LogP contribution in [0.5, 0.6) is 0 Å². The van der Waals surface area contributed by atoms with Crippen molar-refractivity contribution < 1.29 is 22.7 Å². The number of anilines is 2. The molecule has 0 unspecified atom stereocenters. The molecule has 1 saturated heterocycles. The molecule has 0 atom stereocenters. The number of carbonyl (C=O) groups is 1. The van der Waals surface area contributed by atoms with Crippen molar-refractivity contribution in [1.82, 2.24) is 9.88 Å². The second-order valence-electron chi connectivity index (χ2n) is 11.2. The molecule has 0 bridgehead atoms. The second-order valence-corrected chi connectivity index (χ2v) is 11.2. The molecule has 1 amide bonds. The summed E-state index contributed by atoms with van der Waals surface area (Å²) in [7, 11) is 0. The summed E-state index contributed by atoms with van der Waals surface area (Å²) in [4.78, 5) is 20.1. The van der Waals surface area contributed by atoms with E-state index < -0.39 is 17.6 Å². The average Bonchev–Trinajstić information content (AvgIpc) is 3.04. The number of aryl methyl sites for hydroxylation is 2. The molecule has 10 heteroatoms. The molecular weight excluding hydrogens is 579 g/mol. The number of pyridine rings is 1. The Hall–Kier alpha value is -4.54. The highest BCUT2D eigenvalue weighted by Gasteiger charge is 2.31. The van der Waals surface area contributed by atoms with Crippen LogP contribution in [0, 0.1) is 19.3 Å². The molecule has 0 radical (unpaired) electrons. The lowest BCUT2D eigenvalue weighted by Crippen LogP contribution is -2.37. The van der Waals surface area contributed by atoms with Crippen LogP contribution in [0.1, 0.15) is 44.6 Å². The molecule has 45 heavy (non-hydrogen) atoms. The first kappa shape index (κ1) is 31.9. The minimum atomic E-state index is -4.55. The number of rotatable bonds is 10. The van der Waals surface area contributed by atoms with Crippen molar-refractivity contribution in [3.63, 3.8) is 0 Å². The van der Waals surface area contributed by atoms with Crippen LogP contribution in [-0.2, 0) is 17.5 Å². The number of alkyl halides is 3. The van der Waals surface area contributed by atoms with Gasteiger partial charge in [-0.1, -0.05) is 42.0 Å². The van der Waals surface area contributed by atoms with Crippen LogP contribution < -0.4 is 10.6 Å². The molecular formula is C35H36F3N5O2. The summed E-state index contributed by atoms with van der Waals surface area (Å²) in [5.74, 6) is -0.0637. The summed E-state index contributed by atoms with van der Waals surface area (Å²) in [6.45, 7) is 8.34. The minimum absolute atomic E-state index is 0.0902. The first-order valence-corrected chi connectivity index (χ1v) is 14.8. The lowest BCUT2D eigenvalue weighted by atomic mass is 10.0. The molecule has 3 aromatic carbocycles. The van der Waals surface area contributed by atoms with E-state index in [-0.39, 0.29) is 5.56 Å². The predicted octanol–water partition coefficient (Wildman–Crippen LogP) is 7.34. The summed E-state index contributed by atoms with van der Waals surface area (Å²) in [5, 5.41) is 15.1. The molecule has 1 aliphatic heterocycles. The highest BCUT2D eigenvalue weighted by molar-refractivity contribution is 6.05. The molecule has 2 heterocycles. The van der Waals surface area contributed by atoms with E-state index in [2.05, 4.69) is 39.8 Å². The number of hydrogen-bond donors (Lipinski definition) is 3. The van der Waals surface area contributed by atoms with Gasteiger partial charge in [-0.25, -0.2) is 4.98 Å². The minimum Gasteiger partial charge on any atom is -0.379 e. The Kier molecular flexibility index (Phi) is 9.95. The van der Waals surface area contributed by atoms with Gasteiger partial charge in [0.25, 0.3) is 5.91 Å². The average molecular weight is 616 g/mol. The Balaban J connectivity index is 1.40. The molecule has 234 valence electrons. The highest BCUT2D eigenvalue weighted by atomic mass is 19.4. The van der Waals surface area contributed by atoms with E-state index in [4.69, 9.17) is 15.1 Å². The molecule has 0 saturated carbocycles. The van der Waals surface area contributed by atoms with Crippen molar-refractivity contribution in [2.24, 2.45) is 0 Å². The molecule has 3 N–H and O–H groups in total. The monoisotopic (exact) mass is 615 g/mol. The van der Waals surface area contributed by atoms with Crippen molar-refractivity contribution in [3.05, 3.63) is 112 Å². The predicted molar refractivity (Wildman–Crippen MR) is 171 cm³/mol. The number of halogens is 3. The third-order valence-electron chi connectivity index (χ3n) is 7.81. The number of nitrogens with one attached hydrogen (secondary N) is 3. The van der Waals surface area contributed by atoms with E-state index in [9.17, 15) is 18.0 Å². The van der Waals surface area contributed by atoms with E-state index >= 15 is 0 Å². The van der Waals surface area contributed by atoms with Crippen LogP contribution in [0.3, 0.4) is 0 Å². The van der Waals surface area contributed by atoms with Crippen LogP contribution in [0.2, 0.25) is 0 Å². The van der Waals surface area contributed by atoms with Crippen LogP contribution in [-0.4, -0.2) is 54.4 Å². The highest BCUT2D eigenvalue weighted by Crippen LogP contribution is 2.31. The van der Waals surface area contributed by atoms with Crippen molar-refractivity contribution in [2.75, 3.05) is 43.5 Å². The van der Waals surface area contributed by atoms with E-state index in [0.717, 1.165) is 48.5 Å². The Labute approximate surface area is 261 Å². The normalized spacial score (nSPS) is 13.8. The smallest absolute Gasteiger partial charge is 0.379 e. The van der Waals surface area contributed by atoms with Crippen LogP contribution in [0.15, 0.2) is 78.9 Å². The maximum absolute atomic E-state index is 13.2. The molecule has 5 rings (SSSR count). The Morgan fingerprint density at radius 2 is 1.73 bits per heavy atom. The number of amides is 1. The zero-order valence-electron chi connectivity index (χ0n) is 25.3. The van der Waals surface area contributed by atoms with Gasteiger partial charge >= 0.3 is 6.18 Å². The Morgan fingerprint density at radius 1 is 0.978 bits per heavy atom. The molecule has 1 fully saturated rings. The van der Waals surface area contributed by atoms with E-state index in [0.29, 0.717) is 54.7 Å². The third-order valence-corrected chi connectivity index (χ3v) is 7.81. The van der Waals surface area contributed by atoms with Crippen molar-refractivity contribution >= 4 is 23.1 Å². The number of morpholine rings is 1. The molecule has 1 aromatic heterocycles. The fourth-order valence-electron chi connectivity index (χ4n) is 5.12. The Morgan fingerprint density at radius 3 is 2.47 bits per heavy atom. The zero-order valence-corrected chi connectivity index (χ0v) is 25.3. The summed E-state index contributed by atoms with van der Waals surface area (Å²) in [6, 6.07) is 21.6. The second kappa shape index (κ2) is 14.0. The topological polar surface area (TPSA) is 90.3 Å². The van der Waals surface area contributed by atoms with Crippen molar-refractivity contribution in [2.45, 2.75) is 33.0 Å². The van der Waals surface area contributed by atoms with Gasteiger partial charge in [-0.15, -0.1) is 0 Å².